The summed E-state index contributed by atoms with van der Waals surface area (Å²) < 4.78 is 13.9. The topological polar surface area (TPSA) is 43.1 Å². The van der Waals surface area contributed by atoms with E-state index in [4.69, 9.17) is 5.73 Å². The zero-order valence-corrected chi connectivity index (χ0v) is 8.77. The van der Waals surface area contributed by atoms with Crippen LogP contribution in [0.3, 0.4) is 0 Å². The first-order valence-corrected chi connectivity index (χ1v) is 4.94. The molecule has 0 spiro atoms. The summed E-state index contributed by atoms with van der Waals surface area (Å²) in [6.45, 7) is 5.42. The Balaban J connectivity index is 4.17. The lowest BCUT2D eigenvalue weighted by Gasteiger charge is -2.25. The summed E-state index contributed by atoms with van der Waals surface area (Å²) in [5.41, 5.74) is 3.23. The maximum Gasteiger partial charge on any atom is 0.255 e. The summed E-state index contributed by atoms with van der Waals surface area (Å²) in [4.78, 5) is 10.9. The maximum absolute atomic E-state index is 13.9. The van der Waals surface area contributed by atoms with Crippen LogP contribution in [0, 0.1) is 5.92 Å². The number of amides is 1. The van der Waals surface area contributed by atoms with Crippen LogP contribution in [0.4, 0.5) is 4.39 Å². The molecule has 0 fully saturated rings. The van der Waals surface area contributed by atoms with E-state index in [2.05, 4.69) is 0 Å². The highest BCUT2D eigenvalue weighted by molar-refractivity contribution is 5.83. The Morgan fingerprint density at radius 3 is 2.31 bits per heavy atom. The zero-order valence-electron chi connectivity index (χ0n) is 8.77. The Morgan fingerprint density at radius 2 is 2.00 bits per heavy atom. The molecule has 13 heavy (non-hydrogen) atoms. The fraction of sp³-hybridized carbons (Fsp3) is 0.900. The van der Waals surface area contributed by atoms with Crippen LogP contribution in [-0.4, -0.2) is 11.6 Å². The quantitative estimate of drug-likeness (QED) is 0.641. The fourth-order valence-corrected chi connectivity index (χ4v) is 1.33. The van der Waals surface area contributed by atoms with Crippen molar-refractivity contribution in [3.05, 3.63) is 0 Å². The lowest BCUT2D eigenvalue weighted by molar-refractivity contribution is -0.133. The van der Waals surface area contributed by atoms with E-state index in [9.17, 15) is 9.18 Å². The van der Waals surface area contributed by atoms with Gasteiger partial charge in [-0.3, -0.25) is 4.79 Å². The van der Waals surface area contributed by atoms with Crippen molar-refractivity contribution < 1.29 is 9.18 Å². The summed E-state index contributed by atoms with van der Waals surface area (Å²) in [7, 11) is 0. The van der Waals surface area contributed by atoms with Crippen LogP contribution >= 0.6 is 0 Å². The monoisotopic (exact) mass is 189 g/mol. The molecule has 0 aromatic carbocycles. The van der Waals surface area contributed by atoms with Crippen molar-refractivity contribution in [1.82, 2.24) is 0 Å². The van der Waals surface area contributed by atoms with Crippen molar-refractivity contribution >= 4 is 5.91 Å². The Morgan fingerprint density at radius 1 is 1.46 bits per heavy atom. The van der Waals surface area contributed by atoms with Crippen LogP contribution in [0.25, 0.3) is 0 Å². The molecule has 2 nitrogen and oxygen atoms in total. The molecule has 78 valence electrons. The van der Waals surface area contributed by atoms with Gasteiger partial charge in [-0.1, -0.05) is 33.6 Å². The number of unbranched alkanes of at least 4 members (excludes halogenated alkanes) is 2. The van der Waals surface area contributed by atoms with E-state index in [-0.39, 0.29) is 12.3 Å². The molecule has 2 N–H and O–H groups in total. The van der Waals surface area contributed by atoms with Gasteiger partial charge < -0.3 is 5.73 Å². The first-order chi connectivity index (χ1) is 5.95. The standard InChI is InChI=1S/C10H20FNO/c1-4-5-6-7-10(11,8(2)3)9(12)13/h8H,4-7H2,1-3H3,(H2,12,13). The number of alkyl halides is 1. The van der Waals surface area contributed by atoms with Gasteiger partial charge in [0, 0.05) is 0 Å². The number of carbonyl (C=O) groups is 1. The minimum atomic E-state index is -1.81. The minimum Gasteiger partial charge on any atom is -0.367 e. The molecule has 0 aromatic rings. The van der Waals surface area contributed by atoms with Gasteiger partial charge in [0.15, 0.2) is 5.67 Å². The minimum absolute atomic E-state index is 0.258. The number of carbonyl (C=O) groups excluding carboxylic acids is 1. The van der Waals surface area contributed by atoms with Gasteiger partial charge in [0.25, 0.3) is 5.91 Å². The lowest BCUT2D eigenvalue weighted by atomic mass is 9.86. The Labute approximate surface area is 79.7 Å². The van der Waals surface area contributed by atoms with Crippen LogP contribution in [0.1, 0.15) is 46.5 Å². The molecule has 0 heterocycles. The highest BCUT2D eigenvalue weighted by Gasteiger charge is 2.39. The second kappa shape index (κ2) is 5.20. The van der Waals surface area contributed by atoms with E-state index in [0.717, 1.165) is 19.3 Å². The van der Waals surface area contributed by atoms with E-state index in [1.54, 1.807) is 13.8 Å². The van der Waals surface area contributed by atoms with Crippen LogP contribution in [0.2, 0.25) is 0 Å². The highest BCUT2D eigenvalue weighted by Crippen LogP contribution is 2.28. The molecule has 1 unspecified atom stereocenters. The van der Waals surface area contributed by atoms with E-state index < -0.39 is 11.6 Å². The zero-order chi connectivity index (χ0) is 10.5. The van der Waals surface area contributed by atoms with E-state index >= 15 is 0 Å². The van der Waals surface area contributed by atoms with E-state index in [0.29, 0.717) is 0 Å². The summed E-state index contributed by atoms with van der Waals surface area (Å²) >= 11 is 0. The second-order valence-electron chi connectivity index (χ2n) is 3.84. The molecule has 0 radical (unpaired) electrons. The summed E-state index contributed by atoms with van der Waals surface area (Å²) in [5.74, 6) is -1.15. The van der Waals surface area contributed by atoms with Gasteiger partial charge in [-0.05, 0) is 18.8 Å². The van der Waals surface area contributed by atoms with E-state index in [1.807, 2.05) is 6.92 Å². The third-order valence-corrected chi connectivity index (χ3v) is 2.47. The van der Waals surface area contributed by atoms with Crippen LogP contribution in [-0.2, 0) is 4.79 Å². The molecule has 0 saturated heterocycles. The molecule has 0 aliphatic carbocycles. The third-order valence-electron chi connectivity index (χ3n) is 2.47. The first-order valence-electron chi connectivity index (χ1n) is 4.94. The molecule has 1 atom stereocenters. The molecule has 0 bridgehead atoms. The van der Waals surface area contributed by atoms with Crippen LogP contribution in [0.15, 0.2) is 0 Å². The van der Waals surface area contributed by atoms with Gasteiger partial charge >= 0.3 is 0 Å². The smallest absolute Gasteiger partial charge is 0.255 e. The van der Waals surface area contributed by atoms with Gasteiger partial charge in [-0.25, -0.2) is 4.39 Å². The molecule has 0 rings (SSSR count). The molecule has 3 heteroatoms. The number of rotatable bonds is 6. The molecular weight excluding hydrogens is 169 g/mol. The number of primary amides is 1. The predicted octanol–water partition coefficient (Wildman–Crippen LogP) is 2.42. The Hall–Kier alpha value is -0.600. The van der Waals surface area contributed by atoms with Crippen molar-refractivity contribution in [2.45, 2.75) is 52.1 Å². The molecule has 0 saturated carbocycles. The molecule has 0 aliphatic rings. The van der Waals surface area contributed by atoms with Crippen molar-refractivity contribution in [3.8, 4) is 0 Å². The second-order valence-corrected chi connectivity index (χ2v) is 3.84. The van der Waals surface area contributed by atoms with Crippen molar-refractivity contribution in [1.29, 1.82) is 0 Å². The summed E-state index contributed by atoms with van der Waals surface area (Å²) in [5, 5.41) is 0. The third kappa shape index (κ3) is 3.33. The normalized spacial score (nSPS) is 15.8. The average Bonchev–Trinajstić information content (AvgIpc) is 2.03. The van der Waals surface area contributed by atoms with Crippen molar-refractivity contribution in [3.63, 3.8) is 0 Å². The summed E-state index contributed by atoms with van der Waals surface area (Å²) in [6.07, 6.45) is 2.96. The van der Waals surface area contributed by atoms with Gasteiger partial charge in [-0.2, -0.15) is 0 Å². The number of hydrogen-bond acceptors (Lipinski definition) is 1. The molecule has 0 aliphatic heterocycles. The fourth-order valence-electron chi connectivity index (χ4n) is 1.33. The van der Waals surface area contributed by atoms with Gasteiger partial charge in [-0.15, -0.1) is 0 Å². The number of hydrogen-bond donors (Lipinski definition) is 1. The van der Waals surface area contributed by atoms with Gasteiger partial charge in [0.2, 0.25) is 0 Å². The number of nitrogens with two attached hydrogens (primary N) is 1. The average molecular weight is 189 g/mol. The predicted molar refractivity (Wildman–Crippen MR) is 52.0 cm³/mol. The van der Waals surface area contributed by atoms with Gasteiger partial charge in [0.1, 0.15) is 0 Å². The molecule has 0 aromatic heterocycles. The van der Waals surface area contributed by atoms with E-state index in [1.165, 1.54) is 0 Å². The molecular formula is C10H20FNO. The summed E-state index contributed by atoms with van der Waals surface area (Å²) in [6, 6.07) is 0. The number of halogens is 1. The van der Waals surface area contributed by atoms with Crippen LogP contribution < -0.4 is 5.73 Å². The molecule has 1 amide bonds. The SMILES string of the molecule is CCCCCC(F)(C(N)=O)C(C)C. The lowest BCUT2D eigenvalue weighted by Crippen LogP contribution is -2.44. The highest BCUT2D eigenvalue weighted by atomic mass is 19.1. The first kappa shape index (κ1) is 12.4. The van der Waals surface area contributed by atoms with Crippen molar-refractivity contribution in [2.24, 2.45) is 11.7 Å². The van der Waals surface area contributed by atoms with Crippen molar-refractivity contribution in [2.75, 3.05) is 0 Å². The maximum atomic E-state index is 13.9. The largest absolute Gasteiger partial charge is 0.367 e. The Kier molecular flexibility index (Phi) is 4.96. The Bertz CT molecular complexity index is 170. The van der Waals surface area contributed by atoms with Gasteiger partial charge in [0.05, 0.1) is 0 Å². The van der Waals surface area contributed by atoms with Crippen LogP contribution in [0.5, 0.6) is 0 Å².